The molecule has 0 saturated heterocycles. The first-order valence-electron chi connectivity index (χ1n) is 7.86. The van der Waals surface area contributed by atoms with Gasteiger partial charge in [0, 0.05) is 17.3 Å². The maximum Gasteiger partial charge on any atom is 0.157 e. The summed E-state index contributed by atoms with van der Waals surface area (Å²) in [6.07, 6.45) is 6.91. The van der Waals surface area contributed by atoms with Crippen molar-refractivity contribution in [2.24, 2.45) is 10.4 Å². The number of aliphatic imine (C=N–C) groups is 1. The normalized spacial score (nSPS) is 22.7. The first-order valence-corrected chi connectivity index (χ1v) is 9.23. The summed E-state index contributed by atoms with van der Waals surface area (Å²) >= 11 is 7.97. The van der Waals surface area contributed by atoms with Crippen LogP contribution in [0, 0.1) is 5.41 Å². The van der Waals surface area contributed by atoms with Crippen LogP contribution in [0.3, 0.4) is 0 Å². The number of amidine groups is 1. The number of benzene rings is 1. The molecule has 1 aliphatic carbocycles. The third kappa shape index (κ3) is 3.75. The second-order valence-electron chi connectivity index (χ2n) is 6.39. The van der Waals surface area contributed by atoms with Gasteiger partial charge in [0.15, 0.2) is 5.17 Å². The Bertz CT molecular complexity index is 523. The van der Waals surface area contributed by atoms with E-state index >= 15 is 0 Å². The van der Waals surface area contributed by atoms with Gasteiger partial charge in [-0.15, -0.1) is 0 Å². The number of rotatable bonds is 2. The van der Waals surface area contributed by atoms with Crippen molar-refractivity contribution in [1.29, 1.82) is 0 Å². The molecule has 2 nitrogen and oxygen atoms in total. The van der Waals surface area contributed by atoms with Gasteiger partial charge >= 0.3 is 0 Å². The number of halogens is 1. The molecule has 0 bridgehead atoms. The van der Waals surface area contributed by atoms with Crippen molar-refractivity contribution in [1.82, 2.24) is 5.32 Å². The molecule has 4 heteroatoms. The smallest absolute Gasteiger partial charge is 0.157 e. The van der Waals surface area contributed by atoms with Crippen LogP contribution < -0.4 is 5.32 Å². The molecule has 0 aromatic heterocycles. The van der Waals surface area contributed by atoms with Gasteiger partial charge in [-0.05, 0) is 42.9 Å². The van der Waals surface area contributed by atoms with Gasteiger partial charge in [-0.2, -0.15) is 0 Å². The average molecular weight is 323 g/mol. The second-order valence-corrected chi connectivity index (χ2v) is 7.79. The van der Waals surface area contributed by atoms with Gasteiger partial charge in [0.1, 0.15) is 0 Å². The lowest BCUT2D eigenvalue weighted by atomic mass is 9.75. The molecule has 0 radical (unpaired) electrons. The highest BCUT2D eigenvalue weighted by Crippen LogP contribution is 2.41. The van der Waals surface area contributed by atoms with E-state index in [9.17, 15) is 0 Å². The lowest BCUT2D eigenvalue weighted by molar-refractivity contribution is 0.232. The molecule has 1 saturated carbocycles. The van der Waals surface area contributed by atoms with Crippen molar-refractivity contribution in [3.63, 3.8) is 0 Å². The molecule has 1 aromatic carbocycles. The summed E-state index contributed by atoms with van der Waals surface area (Å²) in [5.74, 6) is 1.22. The molecule has 1 aliphatic heterocycles. The molecule has 114 valence electrons. The molecule has 1 spiro atoms. The molecular weight excluding hydrogens is 300 g/mol. The largest absolute Gasteiger partial charge is 0.358 e. The van der Waals surface area contributed by atoms with Gasteiger partial charge in [-0.1, -0.05) is 54.8 Å². The maximum atomic E-state index is 6.07. The van der Waals surface area contributed by atoms with Gasteiger partial charge in [0.05, 0.1) is 6.04 Å². The summed E-state index contributed by atoms with van der Waals surface area (Å²) in [5.41, 5.74) is 1.71. The van der Waals surface area contributed by atoms with E-state index in [0.29, 0.717) is 5.41 Å². The van der Waals surface area contributed by atoms with Crippen LogP contribution in [0.2, 0.25) is 5.02 Å². The molecule has 2 aliphatic rings. The topological polar surface area (TPSA) is 24.4 Å². The van der Waals surface area contributed by atoms with Gasteiger partial charge in [-0.3, -0.25) is 4.99 Å². The van der Waals surface area contributed by atoms with E-state index in [-0.39, 0.29) is 6.04 Å². The van der Waals surface area contributed by atoms with Crippen LogP contribution in [-0.4, -0.2) is 17.5 Å². The summed E-state index contributed by atoms with van der Waals surface area (Å²) in [5, 5.41) is 5.43. The minimum atomic E-state index is 0.246. The molecule has 1 heterocycles. The van der Waals surface area contributed by atoms with Crippen LogP contribution in [0.25, 0.3) is 0 Å². The van der Waals surface area contributed by atoms with Crippen molar-refractivity contribution in [3.05, 3.63) is 34.9 Å². The SMILES string of the molecule is CC(NC1=NCC2(CCCCC2)CS1)c1cccc(Cl)c1. The summed E-state index contributed by atoms with van der Waals surface area (Å²) in [4.78, 5) is 4.83. The predicted octanol–water partition coefficient (Wildman–Crippen LogP) is 5.04. The van der Waals surface area contributed by atoms with Crippen molar-refractivity contribution >= 4 is 28.5 Å². The van der Waals surface area contributed by atoms with E-state index in [1.54, 1.807) is 0 Å². The molecule has 3 rings (SSSR count). The number of nitrogens with zero attached hydrogens (tertiary/aromatic N) is 1. The van der Waals surface area contributed by atoms with Crippen molar-refractivity contribution < 1.29 is 0 Å². The lowest BCUT2D eigenvalue weighted by Gasteiger charge is -2.38. The number of thioether (sulfide) groups is 1. The Morgan fingerprint density at radius 3 is 2.76 bits per heavy atom. The van der Waals surface area contributed by atoms with Crippen LogP contribution in [0.4, 0.5) is 0 Å². The van der Waals surface area contributed by atoms with E-state index in [0.717, 1.165) is 16.7 Å². The molecular formula is C17H23ClN2S. The van der Waals surface area contributed by atoms with E-state index in [4.69, 9.17) is 16.6 Å². The van der Waals surface area contributed by atoms with E-state index in [2.05, 4.69) is 18.3 Å². The highest BCUT2D eigenvalue weighted by atomic mass is 35.5. The lowest BCUT2D eigenvalue weighted by Crippen LogP contribution is -2.37. The molecule has 21 heavy (non-hydrogen) atoms. The van der Waals surface area contributed by atoms with Gasteiger partial charge in [0.25, 0.3) is 0 Å². The summed E-state index contributed by atoms with van der Waals surface area (Å²) < 4.78 is 0. The number of hydrogen-bond acceptors (Lipinski definition) is 3. The van der Waals surface area contributed by atoms with E-state index < -0.39 is 0 Å². The summed E-state index contributed by atoms with van der Waals surface area (Å²) in [6.45, 7) is 3.17. The highest BCUT2D eigenvalue weighted by Gasteiger charge is 2.35. The van der Waals surface area contributed by atoms with Crippen molar-refractivity contribution in [2.75, 3.05) is 12.3 Å². The molecule has 1 fully saturated rings. The quantitative estimate of drug-likeness (QED) is 0.824. The average Bonchev–Trinajstić information content (AvgIpc) is 2.51. The zero-order chi connectivity index (χ0) is 14.7. The Morgan fingerprint density at radius 2 is 2.10 bits per heavy atom. The third-order valence-corrected chi connectivity index (χ3v) is 6.19. The van der Waals surface area contributed by atoms with Crippen LogP contribution in [0.5, 0.6) is 0 Å². The first kappa shape index (κ1) is 15.2. The fourth-order valence-electron chi connectivity index (χ4n) is 3.29. The minimum absolute atomic E-state index is 0.246. The van der Waals surface area contributed by atoms with Crippen molar-refractivity contribution in [3.8, 4) is 0 Å². The van der Waals surface area contributed by atoms with Crippen LogP contribution >= 0.6 is 23.4 Å². The Balaban J connectivity index is 1.61. The van der Waals surface area contributed by atoms with E-state index in [1.807, 2.05) is 30.0 Å². The Hall–Kier alpha value is -0.670. The predicted molar refractivity (Wildman–Crippen MR) is 93.3 cm³/mol. The first-order chi connectivity index (χ1) is 10.2. The molecule has 1 unspecified atom stereocenters. The fourth-order valence-corrected chi connectivity index (χ4v) is 4.73. The molecule has 1 atom stereocenters. The summed E-state index contributed by atoms with van der Waals surface area (Å²) in [7, 11) is 0. The maximum absolute atomic E-state index is 6.07. The van der Waals surface area contributed by atoms with Gasteiger partial charge in [0.2, 0.25) is 0 Å². The standard InChI is InChI=1S/C17H23ClN2S/c1-13(14-6-5-7-15(18)10-14)20-16-19-11-17(12-21-16)8-3-2-4-9-17/h5-7,10,13H,2-4,8-9,11-12H2,1H3,(H,19,20). The Labute approximate surface area is 136 Å². The molecule has 0 amide bonds. The minimum Gasteiger partial charge on any atom is -0.358 e. The van der Waals surface area contributed by atoms with Crippen molar-refractivity contribution in [2.45, 2.75) is 45.1 Å². The zero-order valence-corrected chi connectivity index (χ0v) is 14.1. The monoisotopic (exact) mass is 322 g/mol. The zero-order valence-electron chi connectivity index (χ0n) is 12.6. The fraction of sp³-hybridized carbons (Fsp3) is 0.588. The van der Waals surface area contributed by atoms with Gasteiger partial charge in [-0.25, -0.2) is 0 Å². The highest BCUT2D eigenvalue weighted by molar-refractivity contribution is 8.13. The van der Waals surface area contributed by atoms with Crippen LogP contribution in [0.1, 0.15) is 50.6 Å². The van der Waals surface area contributed by atoms with Gasteiger partial charge < -0.3 is 5.32 Å². The summed E-state index contributed by atoms with van der Waals surface area (Å²) in [6, 6.07) is 8.30. The Kier molecular flexibility index (Phi) is 4.80. The van der Waals surface area contributed by atoms with Crippen LogP contribution in [-0.2, 0) is 0 Å². The number of hydrogen-bond donors (Lipinski definition) is 1. The van der Waals surface area contributed by atoms with Crippen LogP contribution in [0.15, 0.2) is 29.3 Å². The van der Waals surface area contributed by atoms with E-state index in [1.165, 1.54) is 43.4 Å². The Morgan fingerprint density at radius 1 is 1.29 bits per heavy atom. The molecule has 1 N–H and O–H groups in total. The second kappa shape index (κ2) is 6.62. The third-order valence-electron chi connectivity index (χ3n) is 4.68. The molecule has 1 aromatic rings. The number of nitrogens with one attached hydrogen (secondary N) is 1.